The molecule has 0 bridgehead atoms. The van der Waals surface area contributed by atoms with Crippen LogP contribution in [0.4, 0.5) is 22.7 Å². The van der Waals surface area contributed by atoms with Gasteiger partial charge < -0.3 is 14.2 Å². The van der Waals surface area contributed by atoms with Crippen LogP contribution in [0.15, 0.2) is 138 Å². The van der Waals surface area contributed by atoms with Gasteiger partial charge >= 0.3 is 0 Å². The van der Waals surface area contributed by atoms with Crippen molar-refractivity contribution in [2.45, 2.75) is 120 Å². The predicted molar refractivity (Wildman–Crippen MR) is 260 cm³/mol. The second-order valence-electron chi connectivity index (χ2n) is 21.0. The van der Waals surface area contributed by atoms with Crippen molar-refractivity contribution in [1.29, 1.82) is 0 Å². The van der Waals surface area contributed by atoms with Crippen LogP contribution in [-0.4, -0.2) is 11.1 Å². The van der Waals surface area contributed by atoms with Crippen LogP contribution in [0.5, 0.6) is 0 Å². The number of fused-ring (bicyclic) bond motifs is 17. The predicted octanol–water partition coefficient (Wildman–Crippen LogP) is 16.2. The van der Waals surface area contributed by atoms with Gasteiger partial charge in [-0.3, -0.25) is 0 Å². The zero-order valence-corrected chi connectivity index (χ0v) is 37.2. The van der Waals surface area contributed by atoms with E-state index in [0.29, 0.717) is 0 Å². The minimum Gasteiger partial charge on any atom is -0.456 e. The van der Waals surface area contributed by atoms with Crippen molar-refractivity contribution in [3.05, 3.63) is 156 Å². The van der Waals surface area contributed by atoms with Crippen LogP contribution in [0.3, 0.4) is 0 Å². The lowest BCUT2D eigenvalue weighted by Gasteiger charge is -2.50. The Bertz CT molecular complexity index is 3200. The molecule has 2 aliphatic heterocycles. The highest BCUT2D eigenvalue weighted by Crippen LogP contribution is 2.69. The molecule has 0 radical (unpaired) electrons. The quantitative estimate of drug-likeness (QED) is 0.177. The van der Waals surface area contributed by atoms with Crippen molar-refractivity contribution >= 4 is 55.5 Å². The molecule has 0 saturated heterocycles. The van der Waals surface area contributed by atoms with Gasteiger partial charge in [-0.1, -0.05) is 138 Å². The van der Waals surface area contributed by atoms with E-state index in [0.717, 1.165) is 11.2 Å². The summed E-state index contributed by atoms with van der Waals surface area (Å²) in [6.45, 7) is 15.3. The molecule has 3 aliphatic carbocycles. The summed E-state index contributed by atoms with van der Waals surface area (Å²) >= 11 is 0. The maximum atomic E-state index is 7.27. The molecule has 4 unspecified atom stereocenters. The molecule has 5 aliphatic rings. The summed E-state index contributed by atoms with van der Waals surface area (Å²) in [5, 5.41) is 5.15. The fourth-order valence-corrected chi connectivity index (χ4v) is 14.5. The number of nitrogens with zero attached hydrogens (tertiary/aromatic N) is 2. The minimum atomic E-state index is -0.316. The van der Waals surface area contributed by atoms with E-state index in [9.17, 15) is 0 Å². The maximum absolute atomic E-state index is 7.27. The van der Waals surface area contributed by atoms with Crippen LogP contribution < -0.4 is 9.80 Å². The van der Waals surface area contributed by atoms with Gasteiger partial charge in [0.25, 0.3) is 0 Å². The summed E-state index contributed by atoms with van der Waals surface area (Å²) in [5.41, 5.74) is 18.2. The second kappa shape index (κ2) is 12.2. The number of rotatable bonds is 3. The summed E-state index contributed by atoms with van der Waals surface area (Å²) in [6.07, 6.45) is 9.73. The molecule has 0 N–H and O–H groups in total. The molecular weight excluding hydrogens is 753 g/mol. The summed E-state index contributed by atoms with van der Waals surface area (Å²) < 4.78 is 7.27. The molecule has 13 rings (SSSR count). The van der Waals surface area contributed by atoms with Gasteiger partial charge in [-0.15, -0.1) is 0 Å². The fourth-order valence-electron chi connectivity index (χ4n) is 14.5. The van der Waals surface area contributed by atoms with Crippen molar-refractivity contribution in [1.82, 2.24) is 0 Å². The highest BCUT2D eigenvalue weighted by molar-refractivity contribution is 6.20. The SMILES string of the molecule is CC1(C)c2c3c(c4ccccc4c2-c2cc(-c4ccc5c(c4)C4(C)CCCCC4(C)N5c4ccccc4)c4c(oc5ccccc54)c21)N(c1ccccc1)C1(C)CCCCC31C. The van der Waals surface area contributed by atoms with Crippen molar-refractivity contribution in [3.8, 4) is 22.3 Å². The van der Waals surface area contributed by atoms with Gasteiger partial charge in [-0.05, 0) is 132 Å². The van der Waals surface area contributed by atoms with Crippen molar-refractivity contribution in [2.75, 3.05) is 9.80 Å². The molecule has 308 valence electrons. The number of hydrogen-bond donors (Lipinski definition) is 0. The molecule has 3 heteroatoms. The van der Waals surface area contributed by atoms with Gasteiger partial charge in [0.2, 0.25) is 0 Å². The Morgan fingerprint density at radius 2 is 1.06 bits per heavy atom. The molecule has 62 heavy (non-hydrogen) atoms. The van der Waals surface area contributed by atoms with Gasteiger partial charge in [0, 0.05) is 55.0 Å². The van der Waals surface area contributed by atoms with Crippen molar-refractivity contribution in [2.24, 2.45) is 0 Å². The van der Waals surface area contributed by atoms with E-state index in [1.165, 1.54) is 135 Å². The third-order valence-corrected chi connectivity index (χ3v) is 17.8. The first-order valence-corrected chi connectivity index (χ1v) is 23.5. The van der Waals surface area contributed by atoms with Gasteiger partial charge in [0.15, 0.2) is 0 Å². The van der Waals surface area contributed by atoms with E-state index in [2.05, 4.69) is 185 Å². The third-order valence-electron chi connectivity index (χ3n) is 17.8. The van der Waals surface area contributed by atoms with Gasteiger partial charge in [0.1, 0.15) is 11.2 Å². The highest BCUT2D eigenvalue weighted by Gasteiger charge is 2.62. The normalized spacial score (nSPS) is 26.7. The first kappa shape index (κ1) is 36.8. The van der Waals surface area contributed by atoms with Crippen molar-refractivity contribution < 1.29 is 4.42 Å². The van der Waals surface area contributed by atoms with Crippen LogP contribution in [0.25, 0.3) is 55.0 Å². The lowest BCUT2D eigenvalue weighted by Crippen LogP contribution is -2.55. The Morgan fingerprint density at radius 1 is 0.484 bits per heavy atom. The number of furan rings is 1. The van der Waals surface area contributed by atoms with Crippen molar-refractivity contribution in [3.63, 3.8) is 0 Å². The average molecular weight is 809 g/mol. The zero-order chi connectivity index (χ0) is 42.0. The summed E-state index contributed by atoms with van der Waals surface area (Å²) in [4.78, 5) is 5.48. The van der Waals surface area contributed by atoms with Crippen LogP contribution in [-0.2, 0) is 16.2 Å². The average Bonchev–Trinajstić information content (AvgIpc) is 3.92. The highest BCUT2D eigenvalue weighted by atomic mass is 16.3. The van der Waals surface area contributed by atoms with Crippen LogP contribution in [0.2, 0.25) is 0 Å². The Morgan fingerprint density at radius 3 is 1.77 bits per heavy atom. The standard InChI is InChI=1S/C59H56N2O/c1-55(2)50-44(48-40-25-13-14-26-41(40)53-52(51(48)55)57(4)32-18-20-34-59(57,6)61(53)39-23-11-8-12-24-39)36-43(49-42-27-15-16-28-47(42)62-54(49)50)37-29-30-46-45(35-37)56(3)31-17-19-33-58(56,5)60(46)38-21-9-7-10-22-38/h7-16,21-30,35-36H,17-20,31-34H2,1-6H3. The zero-order valence-electron chi connectivity index (χ0n) is 37.2. The number of hydrogen-bond acceptors (Lipinski definition) is 3. The smallest absolute Gasteiger partial charge is 0.140 e. The fraction of sp³-hybridized carbons (Fsp3) is 0.322. The van der Waals surface area contributed by atoms with Crippen LogP contribution in [0.1, 0.15) is 115 Å². The minimum absolute atomic E-state index is 0.0111. The molecule has 1 aromatic heterocycles. The molecule has 3 nitrogen and oxygen atoms in total. The van der Waals surface area contributed by atoms with E-state index in [1.54, 1.807) is 5.56 Å². The molecule has 4 atom stereocenters. The van der Waals surface area contributed by atoms with E-state index < -0.39 is 0 Å². The Balaban J connectivity index is 1.13. The second-order valence-corrected chi connectivity index (χ2v) is 21.0. The summed E-state index contributed by atoms with van der Waals surface area (Å²) in [6, 6.07) is 50.7. The van der Waals surface area contributed by atoms with Gasteiger partial charge in [-0.2, -0.15) is 0 Å². The van der Waals surface area contributed by atoms with E-state index in [-0.39, 0.29) is 27.3 Å². The molecule has 0 spiro atoms. The van der Waals surface area contributed by atoms with Gasteiger partial charge in [-0.25, -0.2) is 0 Å². The Kier molecular flexibility index (Phi) is 7.26. The number of para-hydroxylation sites is 3. The molecule has 3 heterocycles. The molecule has 8 aromatic rings. The first-order chi connectivity index (χ1) is 30.0. The lowest BCUT2D eigenvalue weighted by molar-refractivity contribution is 0.193. The van der Waals surface area contributed by atoms with Gasteiger partial charge in [0.05, 0.1) is 16.8 Å². The van der Waals surface area contributed by atoms with E-state index >= 15 is 0 Å². The molecule has 2 fully saturated rings. The monoisotopic (exact) mass is 808 g/mol. The Hall–Kier alpha value is -5.80. The number of anilines is 4. The lowest BCUT2D eigenvalue weighted by atomic mass is 9.59. The first-order valence-electron chi connectivity index (χ1n) is 23.5. The molecule has 7 aromatic carbocycles. The van der Waals surface area contributed by atoms with E-state index in [1.807, 2.05) is 0 Å². The maximum Gasteiger partial charge on any atom is 0.140 e. The Labute approximate surface area is 366 Å². The summed E-state index contributed by atoms with van der Waals surface area (Å²) in [5.74, 6) is 0. The molecule has 2 saturated carbocycles. The van der Waals surface area contributed by atoms with E-state index in [4.69, 9.17) is 4.42 Å². The largest absolute Gasteiger partial charge is 0.456 e. The third kappa shape index (κ3) is 4.29. The number of benzene rings is 7. The van der Waals surface area contributed by atoms with Crippen LogP contribution >= 0.6 is 0 Å². The molecular formula is C59H56N2O. The van der Waals surface area contributed by atoms with Crippen LogP contribution in [0, 0.1) is 0 Å². The topological polar surface area (TPSA) is 19.6 Å². The molecule has 0 amide bonds. The summed E-state index contributed by atoms with van der Waals surface area (Å²) in [7, 11) is 0.